The van der Waals surface area contributed by atoms with E-state index < -0.39 is 0 Å². The summed E-state index contributed by atoms with van der Waals surface area (Å²) in [6.07, 6.45) is 4.49. The summed E-state index contributed by atoms with van der Waals surface area (Å²) in [6.45, 7) is 6.66. The lowest BCUT2D eigenvalue weighted by Crippen LogP contribution is -2.19. The summed E-state index contributed by atoms with van der Waals surface area (Å²) in [7, 11) is 0. The third kappa shape index (κ3) is 3.97. The van der Waals surface area contributed by atoms with Gasteiger partial charge in [-0.3, -0.25) is 0 Å². The lowest BCUT2D eigenvalue weighted by atomic mass is 9.96. The Balaban J connectivity index is 2.51. The number of nitrogens with two attached hydrogens (primary N) is 1. The Morgan fingerprint density at radius 1 is 1.06 bits per heavy atom. The molecule has 1 nitrogen and oxygen atoms in total. The van der Waals surface area contributed by atoms with E-state index in [1.807, 2.05) is 0 Å². The van der Waals surface area contributed by atoms with Crippen LogP contribution in [0.5, 0.6) is 0 Å². The van der Waals surface area contributed by atoms with Crippen molar-refractivity contribution in [3.63, 3.8) is 0 Å². The summed E-state index contributed by atoms with van der Waals surface area (Å²) in [5.74, 6) is 0.673. The molecule has 0 heterocycles. The van der Waals surface area contributed by atoms with Crippen molar-refractivity contribution >= 4 is 0 Å². The standard InChI is InChI=1S/C15H25N/c1-4-12(3)14-9-6-13(7-10-14)8-11-15(16)5-2/h6-7,9-10,12,15H,4-5,8,11,16H2,1-3H3. The molecule has 1 aromatic rings. The first kappa shape index (κ1) is 13.2. The topological polar surface area (TPSA) is 26.0 Å². The molecule has 0 fully saturated rings. The molecule has 0 spiro atoms. The average molecular weight is 219 g/mol. The second-order valence-corrected chi connectivity index (χ2v) is 4.76. The summed E-state index contributed by atoms with van der Waals surface area (Å²) < 4.78 is 0. The van der Waals surface area contributed by atoms with E-state index in [1.165, 1.54) is 17.5 Å². The summed E-state index contributed by atoms with van der Waals surface area (Å²) in [5, 5.41) is 0. The van der Waals surface area contributed by atoms with Crippen molar-refractivity contribution in [1.29, 1.82) is 0 Å². The molecule has 0 amide bonds. The first-order valence-corrected chi connectivity index (χ1v) is 6.51. The maximum Gasteiger partial charge on any atom is 0.00393 e. The van der Waals surface area contributed by atoms with Gasteiger partial charge in [-0.05, 0) is 42.7 Å². The van der Waals surface area contributed by atoms with Gasteiger partial charge in [0.15, 0.2) is 0 Å². The molecule has 90 valence electrons. The van der Waals surface area contributed by atoms with Crippen LogP contribution in [0.4, 0.5) is 0 Å². The molecule has 2 atom stereocenters. The van der Waals surface area contributed by atoms with Gasteiger partial charge in [-0.25, -0.2) is 0 Å². The highest BCUT2D eigenvalue weighted by Crippen LogP contribution is 2.19. The minimum atomic E-state index is 0.356. The highest BCUT2D eigenvalue weighted by atomic mass is 14.6. The molecule has 1 aromatic carbocycles. The van der Waals surface area contributed by atoms with E-state index in [0.717, 1.165) is 19.3 Å². The molecule has 0 aliphatic carbocycles. The van der Waals surface area contributed by atoms with Gasteiger partial charge in [-0.15, -0.1) is 0 Å². The number of benzene rings is 1. The molecule has 2 unspecified atom stereocenters. The molecule has 0 saturated heterocycles. The van der Waals surface area contributed by atoms with Gasteiger partial charge in [0.25, 0.3) is 0 Å². The van der Waals surface area contributed by atoms with E-state index in [2.05, 4.69) is 45.0 Å². The second kappa shape index (κ2) is 6.70. The largest absolute Gasteiger partial charge is 0.328 e. The molecular weight excluding hydrogens is 194 g/mol. The van der Waals surface area contributed by atoms with Crippen LogP contribution in [0.25, 0.3) is 0 Å². The van der Waals surface area contributed by atoms with Crippen LogP contribution in [0, 0.1) is 0 Å². The van der Waals surface area contributed by atoms with Gasteiger partial charge in [-0.1, -0.05) is 45.0 Å². The Labute approximate surface area is 100 Å². The van der Waals surface area contributed by atoms with Crippen molar-refractivity contribution in [2.24, 2.45) is 5.73 Å². The third-order valence-corrected chi connectivity index (χ3v) is 3.49. The van der Waals surface area contributed by atoms with E-state index in [0.29, 0.717) is 12.0 Å². The van der Waals surface area contributed by atoms with Gasteiger partial charge in [0, 0.05) is 6.04 Å². The first-order valence-electron chi connectivity index (χ1n) is 6.51. The van der Waals surface area contributed by atoms with Crippen LogP contribution in [-0.2, 0) is 6.42 Å². The second-order valence-electron chi connectivity index (χ2n) is 4.76. The van der Waals surface area contributed by atoms with Crippen molar-refractivity contribution in [1.82, 2.24) is 0 Å². The minimum Gasteiger partial charge on any atom is -0.328 e. The maximum absolute atomic E-state index is 5.92. The van der Waals surface area contributed by atoms with E-state index in [-0.39, 0.29) is 0 Å². The zero-order valence-electron chi connectivity index (χ0n) is 10.9. The summed E-state index contributed by atoms with van der Waals surface area (Å²) in [6, 6.07) is 9.39. The molecule has 16 heavy (non-hydrogen) atoms. The predicted molar refractivity (Wildman–Crippen MR) is 71.7 cm³/mol. The molecule has 1 heteroatoms. The van der Waals surface area contributed by atoms with Crippen LogP contribution in [0.3, 0.4) is 0 Å². The van der Waals surface area contributed by atoms with Crippen LogP contribution in [0.2, 0.25) is 0 Å². The van der Waals surface area contributed by atoms with Crippen LogP contribution < -0.4 is 5.73 Å². The van der Waals surface area contributed by atoms with Crippen LogP contribution in [-0.4, -0.2) is 6.04 Å². The fourth-order valence-electron chi connectivity index (χ4n) is 1.80. The Morgan fingerprint density at radius 2 is 1.69 bits per heavy atom. The van der Waals surface area contributed by atoms with Gasteiger partial charge in [0.1, 0.15) is 0 Å². The van der Waals surface area contributed by atoms with E-state index in [4.69, 9.17) is 5.73 Å². The van der Waals surface area contributed by atoms with Gasteiger partial charge >= 0.3 is 0 Å². The molecule has 0 aliphatic rings. The van der Waals surface area contributed by atoms with Crippen molar-refractivity contribution in [3.05, 3.63) is 35.4 Å². The molecular formula is C15H25N. The van der Waals surface area contributed by atoms with Gasteiger partial charge in [0.2, 0.25) is 0 Å². The quantitative estimate of drug-likeness (QED) is 0.772. The summed E-state index contributed by atoms with van der Waals surface area (Å²) >= 11 is 0. The normalized spacial score (nSPS) is 14.8. The Hall–Kier alpha value is -0.820. The molecule has 2 N–H and O–H groups in total. The molecule has 0 bridgehead atoms. The molecule has 0 aliphatic heterocycles. The molecule has 1 rings (SSSR count). The number of aryl methyl sites for hydroxylation is 1. The highest BCUT2D eigenvalue weighted by Gasteiger charge is 2.03. The fourth-order valence-corrected chi connectivity index (χ4v) is 1.80. The Bertz CT molecular complexity index is 289. The zero-order chi connectivity index (χ0) is 12.0. The number of hydrogen-bond acceptors (Lipinski definition) is 1. The first-order chi connectivity index (χ1) is 7.67. The monoisotopic (exact) mass is 219 g/mol. The van der Waals surface area contributed by atoms with Crippen LogP contribution in [0.15, 0.2) is 24.3 Å². The van der Waals surface area contributed by atoms with Crippen molar-refractivity contribution in [2.75, 3.05) is 0 Å². The lowest BCUT2D eigenvalue weighted by Gasteiger charge is -2.11. The van der Waals surface area contributed by atoms with Crippen molar-refractivity contribution in [3.8, 4) is 0 Å². The van der Waals surface area contributed by atoms with E-state index >= 15 is 0 Å². The Morgan fingerprint density at radius 3 is 2.19 bits per heavy atom. The SMILES string of the molecule is CCC(N)CCc1ccc(C(C)CC)cc1. The zero-order valence-corrected chi connectivity index (χ0v) is 10.9. The fraction of sp³-hybridized carbons (Fsp3) is 0.600. The molecule has 0 saturated carbocycles. The van der Waals surface area contributed by atoms with Crippen LogP contribution >= 0.6 is 0 Å². The smallest absolute Gasteiger partial charge is 0.00393 e. The third-order valence-electron chi connectivity index (χ3n) is 3.49. The van der Waals surface area contributed by atoms with Gasteiger partial charge in [0.05, 0.1) is 0 Å². The van der Waals surface area contributed by atoms with Crippen molar-refractivity contribution in [2.45, 2.75) is 58.4 Å². The molecule has 0 aromatic heterocycles. The highest BCUT2D eigenvalue weighted by molar-refractivity contribution is 5.25. The summed E-state index contributed by atoms with van der Waals surface area (Å²) in [4.78, 5) is 0. The lowest BCUT2D eigenvalue weighted by molar-refractivity contribution is 0.596. The summed E-state index contributed by atoms with van der Waals surface area (Å²) in [5.41, 5.74) is 8.78. The Kier molecular flexibility index (Phi) is 5.54. The average Bonchev–Trinajstić information content (AvgIpc) is 2.35. The maximum atomic E-state index is 5.92. The molecule has 0 radical (unpaired) electrons. The number of hydrogen-bond donors (Lipinski definition) is 1. The van der Waals surface area contributed by atoms with Gasteiger partial charge in [-0.2, -0.15) is 0 Å². The number of rotatable bonds is 6. The van der Waals surface area contributed by atoms with E-state index in [9.17, 15) is 0 Å². The van der Waals surface area contributed by atoms with Crippen LogP contribution in [0.1, 0.15) is 57.1 Å². The van der Waals surface area contributed by atoms with Crippen molar-refractivity contribution < 1.29 is 0 Å². The predicted octanol–water partition coefficient (Wildman–Crippen LogP) is 3.87. The van der Waals surface area contributed by atoms with E-state index in [1.54, 1.807) is 0 Å². The van der Waals surface area contributed by atoms with Gasteiger partial charge < -0.3 is 5.73 Å². The minimum absolute atomic E-state index is 0.356.